The number of rotatable bonds is 9. The van der Waals surface area contributed by atoms with E-state index in [1.807, 2.05) is 0 Å². The predicted octanol–water partition coefficient (Wildman–Crippen LogP) is 4.10. The number of hydrogen-bond acceptors (Lipinski definition) is 7. The number of nitrogens with zero attached hydrogens (tertiary/aromatic N) is 1. The van der Waals surface area contributed by atoms with E-state index >= 15 is 0 Å². The maximum atomic E-state index is 12.2. The van der Waals surface area contributed by atoms with Crippen LogP contribution in [0.2, 0.25) is 0 Å². The van der Waals surface area contributed by atoms with E-state index < -0.39 is 29.3 Å². The van der Waals surface area contributed by atoms with Crippen molar-refractivity contribution >= 4 is 23.4 Å². The zero-order valence-corrected chi connectivity index (χ0v) is 17.7. The first-order chi connectivity index (χ1) is 14.2. The summed E-state index contributed by atoms with van der Waals surface area (Å²) in [6.07, 6.45) is 2.61. The van der Waals surface area contributed by atoms with Crippen LogP contribution in [0.15, 0.2) is 24.3 Å². The molecule has 0 unspecified atom stereocenters. The summed E-state index contributed by atoms with van der Waals surface area (Å²) in [5, 5.41) is 10.6. The Morgan fingerprint density at radius 2 is 1.73 bits per heavy atom. The fourth-order valence-corrected chi connectivity index (χ4v) is 3.75. The first-order valence-corrected chi connectivity index (χ1v) is 10.3. The second-order valence-corrected chi connectivity index (χ2v) is 8.24. The van der Waals surface area contributed by atoms with Crippen LogP contribution in [-0.4, -0.2) is 35.4 Å². The largest absolute Gasteiger partial charge is 0.462 e. The van der Waals surface area contributed by atoms with Gasteiger partial charge in [-0.1, -0.05) is 27.2 Å². The van der Waals surface area contributed by atoms with Crippen LogP contribution in [0.3, 0.4) is 0 Å². The molecule has 0 saturated heterocycles. The average molecular weight is 419 g/mol. The SMILES string of the molecule is CC(C)[C@H]1CC[C@@H](C)C[C@@H]1OC(=O)CCC(=O)OCC(=O)c1ccc([N+](=O)[O-])cc1. The molecule has 1 fully saturated rings. The molecule has 0 heterocycles. The summed E-state index contributed by atoms with van der Waals surface area (Å²) >= 11 is 0. The lowest BCUT2D eigenvalue weighted by atomic mass is 9.75. The lowest BCUT2D eigenvalue weighted by molar-refractivity contribution is -0.384. The van der Waals surface area contributed by atoms with E-state index in [0.717, 1.165) is 19.3 Å². The van der Waals surface area contributed by atoms with Gasteiger partial charge in [0.15, 0.2) is 12.4 Å². The normalized spacial score (nSPS) is 21.1. The summed E-state index contributed by atoms with van der Waals surface area (Å²) in [5.41, 5.74) is 0.0769. The summed E-state index contributed by atoms with van der Waals surface area (Å²) in [4.78, 5) is 46.1. The van der Waals surface area contributed by atoms with Crippen LogP contribution in [0.1, 0.15) is 63.2 Å². The van der Waals surface area contributed by atoms with Gasteiger partial charge in [0, 0.05) is 17.7 Å². The third-order valence-electron chi connectivity index (χ3n) is 5.54. The number of hydrogen-bond donors (Lipinski definition) is 0. The summed E-state index contributed by atoms with van der Waals surface area (Å²) in [7, 11) is 0. The third-order valence-corrected chi connectivity index (χ3v) is 5.54. The molecule has 0 spiro atoms. The minimum atomic E-state index is -0.667. The maximum Gasteiger partial charge on any atom is 0.306 e. The second-order valence-electron chi connectivity index (χ2n) is 8.24. The highest BCUT2D eigenvalue weighted by Crippen LogP contribution is 2.35. The Balaban J connectivity index is 1.75. The molecular weight excluding hydrogens is 390 g/mol. The van der Waals surface area contributed by atoms with Crippen LogP contribution < -0.4 is 0 Å². The molecule has 8 nitrogen and oxygen atoms in total. The number of Topliss-reactive ketones (excluding diaryl/α,β-unsaturated/α-hetero) is 1. The number of ketones is 1. The van der Waals surface area contributed by atoms with E-state index in [0.29, 0.717) is 17.8 Å². The molecule has 0 bridgehead atoms. The number of ether oxygens (including phenoxy) is 2. The quantitative estimate of drug-likeness (QED) is 0.256. The van der Waals surface area contributed by atoms with Gasteiger partial charge in [-0.25, -0.2) is 0 Å². The molecule has 1 saturated carbocycles. The summed E-state index contributed by atoms with van der Waals surface area (Å²) in [6.45, 7) is 5.92. The topological polar surface area (TPSA) is 113 Å². The van der Waals surface area contributed by atoms with Crippen molar-refractivity contribution in [2.45, 2.75) is 59.0 Å². The lowest BCUT2D eigenvalue weighted by Crippen LogP contribution is -2.36. The molecular formula is C22H29NO7. The number of esters is 2. The van der Waals surface area contributed by atoms with Crippen molar-refractivity contribution in [1.82, 2.24) is 0 Å². The first kappa shape index (κ1) is 23.5. The molecule has 0 radical (unpaired) electrons. The van der Waals surface area contributed by atoms with Crippen LogP contribution >= 0.6 is 0 Å². The molecule has 1 aromatic carbocycles. The van der Waals surface area contributed by atoms with E-state index in [1.165, 1.54) is 24.3 Å². The van der Waals surface area contributed by atoms with E-state index in [1.54, 1.807) is 0 Å². The summed E-state index contributed by atoms with van der Waals surface area (Å²) < 4.78 is 10.6. The minimum Gasteiger partial charge on any atom is -0.462 e. The van der Waals surface area contributed by atoms with Gasteiger partial charge in [0.1, 0.15) is 6.10 Å². The summed E-state index contributed by atoms with van der Waals surface area (Å²) in [6, 6.07) is 5.03. The number of non-ortho nitro benzene ring substituents is 1. The van der Waals surface area contributed by atoms with Gasteiger partial charge in [-0.2, -0.15) is 0 Å². The van der Waals surface area contributed by atoms with Gasteiger partial charge < -0.3 is 9.47 Å². The van der Waals surface area contributed by atoms with Crippen LogP contribution in [0.4, 0.5) is 5.69 Å². The van der Waals surface area contributed by atoms with Gasteiger partial charge >= 0.3 is 11.9 Å². The highest BCUT2D eigenvalue weighted by molar-refractivity contribution is 5.98. The highest BCUT2D eigenvalue weighted by atomic mass is 16.6. The van der Waals surface area contributed by atoms with Gasteiger partial charge in [-0.3, -0.25) is 24.5 Å². The number of nitro groups is 1. The van der Waals surface area contributed by atoms with Gasteiger partial charge in [0.05, 0.1) is 17.8 Å². The molecule has 164 valence electrons. The Morgan fingerprint density at radius 1 is 1.10 bits per heavy atom. The zero-order chi connectivity index (χ0) is 22.3. The Kier molecular flexibility index (Phi) is 8.50. The van der Waals surface area contributed by atoms with Gasteiger partial charge in [0.2, 0.25) is 0 Å². The van der Waals surface area contributed by atoms with Crippen LogP contribution in [0, 0.1) is 27.9 Å². The van der Waals surface area contributed by atoms with Gasteiger partial charge in [0.25, 0.3) is 5.69 Å². The Morgan fingerprint density at radius 3 is 2.33 bits per heavy atom. The molecule has 30 heavy (non-hydrogen) atoms. The lowest BCUT2D eigenvalue weighted by Gasteiger charge is -2.36. The number of nitro benzene ring substituents is 1. The molecule has 1 aromatic rings. The molecule has 1 aliphatic rings. The van der Waals surface area contributed by atoms with Crippen molar-refractivity contribution in [3.8, 4) is 0 Å². The zero-order valence-electron chi connectivity index (χ0n) is 17.7. The average Bonchev–Trinajstić information content (AvgIpc) is 2.70. The Bertz CT molecular complexity index is 772. The maximum absolute atomic E-state index is 12.2. The van der Waals surface area contributed by atoms with E-state index in [-0.39, 0.29) is 30.2 Å². The predicted molar refractivity (Wildman–Crippen MR) is 109 cm³/mol. The van der Waals surface area contributed by atoms with Crippen molar-refractivity contribution in [2.24, 2.45) is 17.8 Å². The molecule has 2 rings (SSSR count). The van der Waals surface area contributed by atoms with E-state index in [4.69, 9.17) is 9.47 Å². The molecule has 0 aromatic heterocycles. The van der Waals surface area contributed by atoms with E-state index in [9.17, 15) is 24.5 Å². The monoisotopic (exact) mass is 419 g/mol. The minimum absolute atomic E-state index is 0.0970. The molecule has 0 amide bonds. The summed E-state index contributed by atoms with van der Waals surface area (Å²) in [5.74, 6) is -0.315. The fraction of sp³-hybridized carbons (Fsp3) is 0.591. The molecule has 8 heteroatoms. The van der Waals surface area contributed by atoms with Crippen molar-refractivity contribution < 1.29 is 28.8 Å². The molecule has 1 aliphatic carbocycles. The number of carbonyl (C=O) groups is 3. The van der Waals surface area contributed by atoms with Crippen LogP contribution in [0.5, 0.6) is 0 Å². The third kappa shape index (κ3) is 6.93. The second kappa shape index (κ2) is 10.8. The van der Waals surface area contributed by atoms with E-state index in [2.05, 4.69) is 20.8 Å². The number of benzene rings is 1. The van der Waals surface area contributed by atoms with Crippen molar-refractivity contribution in [1.29, 1.82) is 0 Å². The fourth-order valence-electron chi connectivity index (χ4n) is 3.75. The molecule has 0 N–H and O–H groups in total. The first-order valence-electron chi connectivity index (χ1n) is 10.3. The Hall–Kier alpha value is -2.77. The highest BCUT2D eigenvalue weighted by Gasteiger charge is 2.33. The van der Waals surface area contributed by atoms with Crippen molar-refractivity contribution in [3.63, 3.8) is 0 Å². The molecule has 3 atom stereocenters. The van der Waals surface area contributed by atoms with Crippen LogP contribution in [0.25, 0.3) is 0 Å². The van der Waals surface area contributed by atoms with Gasteiger partial charge in [-0.05, 0) is 42.7 Å². The van der Waals surface area contributed by atoms with Crippen LogP contribution in [-0.2, 0) is 19.1 Å². The Labute approximate surface area is 176 Å². The molecule has 0 aliphatic heterocycles. The standard InChI is InChI=1S/C22H29NO7/c1-14(2)18-9-4-15(3)12-20(18)30-22(26)11-10-21(25)29-13-19(24)16-5-7-17(8-6-16)23(27)28/h5-8,14-15,18,20H,4,9-13H2,1-3H3/t15-,18-,20+/m1/s1. The van der Waals surface area contributed by atoms with Gasteiger partial charge in [-0.15, -0.1) is 0 Å². The number of carbonyl (C=O) groups excluding carboxylic acids is 3. The van der Waals surface area contributed by atoms with Crippen molar-refractivity contribution in [3.05, 3.63) is 39.9 Å². The van der Waals surface area contributed by atoms with Crippen molar-refractivity contribution in [2.75, 3.05) is 6.61 Å². The smallest absolute Gasteiger partial charge is 0.306 e.